The van der Waals surface area contributed by atoms with Crippen LogP contribution in [0, 0.1) is 0 Å². The summed E-state index contributed by atoms with van der Waals surface area (Å²) in [7, 11) is 1.43. The Balaban J connectivity index is 0.755. The number of likely N-dealkylation sites (tertiary alicyclic amines) is 1. The number of anilines is 2. The van der Waals surface area contributed by atoms with Crippen LogP contribution in [0.2, 0.25) is 0 Å². The van der Waals surface area contributed by atoms with E-state index in [0.29, 0.717) is 63.1 Å². The summed E-state index contributed by atoms with van der Waals surface area (Å²) in [6.07, 6.45) is -0.921. The molecule has 2 aromatic carbocycles. The summed E-state index contributed by atoms with van der Waals surface area (Å²) in [6.45, 7) is 5.26. The molecule has 17 nitrogen and oxygen atoms in total. The number of nitrogens with zero attached hydrogens (tertiary/aromatic N) is 5. The van der Waals surface area contributed by atoms with Gasteiger partial charge in [0.1, 0.15) is 23.2 Å². The number of benzene rings is 2. The Morgan fingerprint density at radius 2 is 1.61 bits per heavy atom. The van der Waals surface area contributed by atoms with E-state index >= 15 is 0 Å². The molecule has 1 atom stereocenters. The van der Waals surface area contributed by atoms with E-state index in [2.05, 4.69) is 25.8 Å². The first-order valence-corrected chi connectivity index (χ1v) is 19.9. The highest BCUT2D eigenvalue weighted by Gasteiger charge is 2.45. The number of amides is 5. The summed E-state index contributed by atoms with van der Waals surface area (Å²) >= 11 is 0. The number of pyridine rings is 1. The lowest BCUT2D eigenvalue weighted by molar-refractivity contribution is -0.141. The third-order valence-electron chi connectivity index (χ3n) is 10.6. The monoisotopic (exact) mass is 850 g/mol. The number of imide groups is 2. The number of hydrogen-bond acceptors (Lipinski definition) is 13. The van der Waals surface area contributed by atoms with Gasteiger partial charge in [0.2, 0.25) is 11.8 Å². The molecule has 7 rings (SSSR count). The number of piperidine rings is 2. The molecule has 5 heterocycles. The van der Waals surface area contributed by atoms with E-state index in [-0.39, 0.29) is 41.4 Å². The van der Waals surface area contributed by atoms with Gasteiger partial charge in [-0.3, -0.25) is 38.9 Å². The lowest BCUT2D eigenvalue weighted by Gasteiger charge is -2.31. The Morgan fingerprint density at radius 3 is 2.33 bits per heavy atom. The second-order valence-corrected chi connectivity index (χ2v) is 14.6. The highest BCUT2D eigenvalue weighted by atomic mass is 19.4. The molecule has 0 spiro atoms. The quantitative estimate of drug-likeness (QED) is 0.0965. The molecular weight excluding hydrogens is 805 g/mol. The molecule has 61 heavy (non-hydrogen) atoms. The summed E-state index contributed by atoms with van der Waals surface area (Å²) in [5.74, 6) is -2.71. The Labute approximate surface area is 347 Å². The second kappa shape index (κ2) is 19.2. The van der Waals surface area contributed by atoms with Gasteiger partial charge in [0.05, 0.1) is 75.1 Å². The van der Waals surface area contributed by atoms with Crippen molar-refractivity contribution in [3.05, 3.63) is 77.2 Å². The number of rotatable bonds is 18. The van der Waals surface area contributed by atoms with Crippen molar-refractivity contribution >= 4 is 51.8 Å². The molecule has 0 bridgehead atoms. The zero-order valence-corrected chi connectivity index (χ0v) is 33.3. The van der Waals surface area contributed by atoms with E-state index in [1.165, 1.54) is 13.2 Å². The van der Waals surface area contributed by atoms with Gasteiger partial charge < -0.3 is 34.5 Å². The standard InChI is InChI=1S/C41H45F3N8O9/c1-58-33-23-30-25(22-31(33)47-37(54)29-6-3-7-34(46-29)41(42,43)44)24-51(49-30)26-10-13-50(14-11-26)15-17-60-19-21-61-20-18-59-16-12-45-28-5-2-4-27-36(28)40(57)52(39(27)56)32-8-9-35(53)48-38(32)55/h2-7,22-24,26,32,45H,8-21H2,1H3,(H,47,54)(H,48,53,55). The first-order chi connectivity index (χ1) is 29.4. The van der Waals surface area contributed by atoms with Gasteiger partial charge in [-0.15, -0.1) is 0 Å². The summed E-state index contributed by atoms with van der Waals surface area (Å²) in [6, 6.07) is 10.5. The van der Waals surface area contributed by atoms with Gasteiger partial charge in [0.15, 0.2) is 0 Å². The van der Waals surface area contributed by atoms with E-state index in [9.17, 15) is 37.1 Å². The number of alkyl halides is 3. The Bertz CT molecular complexity index is 2280. The molecule has 3 aliphatic rings. The zero-order valence-electron chi connectivity index (χ0n) is 33.3. The summed E-state index contributed by atoms with van der Waals surface area (Å²) < 4.78 is 63.8. The van der Waals surface area contributed by atoms with Crippen molar-refractivity contribution in [1.82, 2.24) is 29.9 Å². The predicted molar refractivity (Wildman–Crippen MR) is 212 cm³/mol. The fourth-order valence-electron chi connectivity index (χ4n) is 7.49. The van der Waals surface area contributed by atoms with Gasteiger partial charge in [-0.2, -0.15) is 18.3 Å². The van der Waals surface area contributed by atoms with Gasteiger partial charge in [-0.25, -0.2) is 4.98 Å². The van der Waals surface area contributed by atoms with Crippen molar-refractivity contribution in [3.63, 3.8) is 0 Å². The van der Waals surface area contributed by atoms with Crippen LogP contribution in [0.15, 0.2) is 54.7 Å². The third kappa shape index (κ3) is 10.2. The number of ether oxygens (including phenoxy) is 4. The van der Waals surface area contributed by atoms with Gasteiger partial charge in [-0.1, -0.05) is 12.1 Å². The SMILES string of the molecule is COc1cc2nn(C3CCN(CCOCCOCCOCCNc4cccc5c4C(=O)N(C4CCC(=O)NC4=O)C5=O)CC3)cc2cc1NC(=O)c1cccc(C(F)(F)F)n1. The van der Waals surface area contributed by atoms with Crippen molar-refractivity contribution in [2.24, 2.45) is 0 Å². The fourth-order valence-corrected chi connectivity index (χ4v) is 7.49. The topological polar surface area (TPSA) is 196 Å². The normalized spacial score (nSPS) is 17.5. The molecule has 0 aliphatic carbocycles. The van der Waals surface area contributed by atoms with Crippen LogP contribution >= 0.6 is 0 Å². The van der Waals surface area contributed by atoms with Crippen LogP contribution in [-0.4, -0.2) is 133 Å². The van der Waals surface area contributed by atoms with Crippen molar-refractivity contribution in [1.29, 1.82) is 0 Å². The lowest BCUT2D eigenvalue weighted by Crippen LogP contribution is -2.54. The van der Waals surface area contributed by atoms with Crippen LogP contribution in [0.25, 0.3) is 10.9 Å². The van der Waals surface area contributed by atoms with Gasteiger partial charge in [0, 0.05) is 55.9 Å². The largest absolute Gasteiger partial charge is 0.494 e. The van der Waals surface area contributed by atoms with Crippen molar-refractivity contribution in [3.8, 4) is 5.75 Å². The van der Waals surface area contributed by atoms with Crippen molar-refractivity contribution in [2.45, 2.75) is 43.9 Å². The molecule has 1 unspecified atom stereocenters. The summed E-state index contributed by atoms with van der Waals surface area (Å²) in [5.41, 5.74) is 0.268. The molecule has 5 amide bonds. The molecule has 2 aromatic heterocycles. The molecule has 3 N–H and O–H groups in total. The van der Waals surface area contributed by atoms with Gasteiger partial charge in [-0.05, 0) is 49.6 Å². The number of aromatic nitrogens is 3. The number of halogens is 3. The number of nitrogens with one attached hydrogen (secondary N) is 3. The van der Waals surface area contributed by atoms with Crippen molar-refractivity contribution in [2.75, 3.05) is 83.6 Å². The summed E-state index contributed by atoms with van der Waals surface area (Å²) in [5, 5.41) is 13.4. The highest BCUT2D eigenvalue weighted by molar-refractivity contribution is 6.25. The highest BCUT2D eigenvalue weighted by Crippen LogP contribution is 2.34. The molecule has 2 saturated heterocycles. The Hall–Kier alpha value is -5.96. The van der Waals surface area contributed by atoms with E-state index in [1.54, 1.807) is 30.3 Å². The number of carbonyl (C=O) groups is 5. The van der Waals surface area contributed by atoms with Crippen LogP contribution in [0.4, 0.5) is 24.5 Å². The maximum Gasteiger partial charge on any atom is 0.433 e. The molecule has 4 aromatic rings. The number of hydrogen-bond donors (Lipinski definition) is 3. The smallest absolute Gasteiger partial charge is 0.433 e. The Kier molecular flexibility index (Phi) is 13.6. The van der Waals surface area contributed by atoms with Crippen molar-refractivity contribution < 1.29 is 56.1 Å². The zero-order chi connectivity index (χ0) is 43.1. The van der Waals surface area contributed by atoms with Gasteiger partial charge >= 0.3 is 6.18 Å². The number of fused-ring (bicyclic) bond motifs is 2. The maximum atomic E-state index is 13.2. The van der Waals surface area contributed by atoms with E-state index in [0.717, 1.165) is 54.9 Å². The first kappa shape index (κ1) is 43.1. The molecule has 0 saturated carbocycles. The molecule has 0 radical (unpaired) electrons. The lowest BCUT2D eigenvalue weighted by atomic mass is 10.0. The maximum absolute atomic E-state index is 13.2. The van der Waals surface area contributed by atoms with Gasteiger partial charge in [0.25, 0.3) is 17.7 Å². The summed E-state index contributed by atoms with van der Waals surface area (Å²) in [4.78, 5) is 69.7. The number of carbonyl (C=O) groups excluding carboxylic acids is 5. The minimum absolute atomic E-state index is 0.0501. The minimum atomic E-state index is -4.68. The molecule has 2 fully saturated rings. The average molecular weight is 851 g/mol. The third-order valence-corrected chi connectivity index (χ3v) is 10.6. The van der Waals surface area contributed by atoms with Crippen LogP contribution in [0.5, 0.6) is 5.75 Å². The van der Waals surface area contributed by atoms with E-state index in [1.807, 2.05) is 10.9 Å². The second-order valence-electron chi connectivity index (χ2n) is 14.6. The van der Waals surface area contributed by atoms with E-state index in [4.69, 9.17) is 24.0 Å². The molecule has 3 aliphatic heterocycles. The minimum Gasteiger partial charge on any atom is -0.494 e. The van der Waals surface area contributed by atoms with Crippen LogP contribution in [-0.2, 0) is 30.0 Å². The molecular formula is C41H45F3N8O9. The van der Waals surface area contributed by atoms with E-state index < -0.39 is 47.4 Å². The predicted octanol–water partition coefficient (Wildman–Crippen LogP) is 3.91. The fraction of sp³-hybridized carbons (Fsp3) is 0.439. The average Bonchev–Trinajstić information content (AvgIpc) is 3.78. The van der Waals surface area contributed by atoms with Crippen LogP contribution < -0.4 is 20.7 Å². The molecule has 20 heteroatoms. The van der Waals surface area contributed by atoms with Crippen LogP contribution in [0.1, 0.15) is 68.6 Å². The van der Waals surface area contributed by atoms with Crippen LogP contribution in [0.3, 0.4) is 0 Å². The first-order valence-electron chi connectivity index (χ1n) is 19.9. The Morgan fingerprint density at radius 1 is 0.885 bits per heavy atom. The molecule has 324 valence electrons. The number of methoxy groups -OCH3 is 1.